The number of anilines is 1. The van der Waals surface area contributed by atoms with Crippen LogP contribution in [0.5, 0.6) is 0 Å². The Morgan fingerprint density at radius 2 is 2.17 bits per heavy atom. The SMILES string of the molecule is CCc1c(Cl)cc2c(c1[N+](=O)[O-])[N]C(=O)C(=O)N2. The summed E-state index contributed by atoms with van der Waals surface area (Å²) >= 11 is 5.91. The first kappa shape index (κ1) is 12.3. The number of nitrogens with zero attached hydrogens (tertiary/aromatic N) is 2. The molecule has 0 spiro atoms. The van der Waals surface area contributed by atoms with Crippen molar-refractivity contribution in [1.29, 1.82) is 0 Å². The fourth-order valence-electron chi connectivity index (χ4n) is 1.74. The molecular weight excluding hydrogens is 262 g/mol. The summed E-state index contributed by atoms with van der Waals surface area (Å²) in [6, 6.07) is 1.36. The molecule has 1 aliphatic heterocycles. The minimum atomic E-state index is -1.06. The molecule has 2 amide bonds. The van der Waals surface area contributed by atoms with Gasteiger partial charge in [-0.15, -0.1) is 0 Å². The van der Waals surface area contributed by atoms with Crippen molar-refractivity contribution in [3.8, 4) is 0 Å². The Morgan fingerprint density at radius 3 is 2.72 bits per heavy atom. The Hall–Kier alpha value is -2.15. The Balaban J connectivity index is 2.73. The van der Waals surface area contributed by atoms with Crippen LogP contribution in [0.2, 0.25) is 5.02 Å². The van der Waals surface area contributed by atoms with Crippen LogP contribution in [0.25, 0.3) is 0 Å². The summed E-state index contributed by atoms with van der Waals surface area (Å²) in [6.07, 6.45) is 0.320. The van der Waals surface area contributed by atoms with Crippen LogP contribution in [0.3, 0.4) is 0 Å². The molecule has 0 unspecified atom stereocenters. The Morgan fingerprint density at radius 1 is 1.50 bits per heavy atom. The van der Waals surface area contributed by atoms with Gasteiger partial charge in [-0.2, -0.15) is 5.32 Å². The number of benzene rings is 1. The zero-order valence-electron chi connectivity index (χ0n) is 9.19. The van der Waals surface area contributed by atoms with Gasteiger partial charge in [0.1, 0.15) is 0 Å². The Labute approximate surface area is 106 Å². The molecule has 1 heterocycles. The molecule has 0 aliphatic carbocycles. The number of nitro groups is 1. The number of nitrogens with one attached hydrogen (secondary N) is 1. The van der Waals surface area contributed by atoms with Crippen molar-refractivity contribution >= 4 is 40.5 Å². The molecule has 0 saturated heterocycles. The van der Waals surface area contributed by atoms with Gasteiger partial charge in [-0.05, 0) is 12.5 Å². The molecule has 0 bridgehead atoms. The quantitative estimate of drug-likeness (QED) is 0.499. The van der Waals surface area contributed by atoms with Crippen LogP contribution in [0.1, 0.15) is 12.5 Å². The predicted molar refractivity (Wildman–Crippen MR) is 62.9 cm³/mol. The van der Waals surface area contributed by atoms with Crippen molar-refractivity contribution in [1.82, 2.24) is 5.32 Å². The average Bonchev–Trinajstić information content (AvgIpc) is 2.29. The van der Waals surface area contributed by atoms with E-state index in [9.17, 15) is 19.7 Å². The van der Waals surface area contributed by atoms with Gasteiger partial charge in [0.25, 0.3) is 0 Å². The van der Waals surface area contributed by atoms with Gasteiger partial charge in [-0.1, -0.05) is 18.5 Å². The van der Waals surface area contributed by atoms with Crippen molar-refractivity contribution in [2.24, 2.45) is 0 Å². The first-order chi connectivity index (χ1) is 8.45. The lowest BCUT2D eigenvalue weighted by Gasteiger charge is -2.17. The highest BCUT2D eigenvalue weighted by molar-refractivity contribution is 6.43. The minimum absolute atomic E-state index is 0.0773. The molecule has 0 fully saturated rings. The van der Waals surface area contributed by atoms with Crippen LogP contribution < -0.4 is 10.6 Å². The van der Waals surface area contributed by atoms with Gasteiger partial charge in [-0.25, -0.2) is 0 Å². The van der Waals surface area contributed by atoms with E-state index in [4.69, 9.17) is 11.6 Å². The number of carbonyl (C=O) groups is 2. The molecule has 0 saturated carbocycles. The van der Waals surface area contributed by atoms with E-state index in [1.54, 1.807) is 6.92 Å². The molecular formula is C10H7ClN3O4. The molecule has 1 aliphatic rings. The fraction of sp³-hybridized carbons (Fsp3) is 0.200. The largest absolute Gasteiger partial charge is 0.336 e. The minimum Gasteiger partial charge on any atom is -0.315 e. The van der Waals surface area contributed by atoms with Crippen LogP contribution >= 0.6 is 11.6 Å². The summed E-state index contributed by atoms with van der Waals surface area (Å²) in [4.78, 5) is 32.7. The number of hydrogen-bond acceptors (Lipinski definition) is 4. The average molecular weight is 269 g/mol. The lowest BCUT2D eigenvalue weighted by atomic mass is 10.1. The van der Waals surface area contributed by atoms with Crippen LogP contribution in [-0.2, 0) is 16.0 Å². The van der Waals surface area contributed by atoms with E-state index in [0.29, 0.717) is 6.42 Å². The summed E-state index contributed by atoms with van der Waals surface area (Å²) in [6.45, 7) is 1.70. The third-order valence-corrected chi connectivity index (χ3v) is 2.85. The highest BCUT2D eigenvalue weighted by Gasteiger charge is 2.34. The van der Waals surface area contributed by atoms with E-state index in [1.165, 1.54) is 6.07 Å². The van der Waals surface area contributed by atoms with Gasteiger partial charge in [-0.3, -0.25) is 19.7 Å². The van der Waals surface area contributed by atoms with E-state index in [-0.39, 0.29) is 27.6 Å². The standard InChI is InChI=1S/C10H7ClN3O4/c1-2-4-5(11)3-6-7(8(4)14(17)18)13-10(16)9(15)12-6/h3H,2H2,1H3,(H,12,15). The second-order valence-corrected chi connectivity index (χ2v) is 3.97. The van der Waals surface area contributed by atoms with Crippen molar-refractivity contribution in [2.75, 3.05) is 5.32 Å². The highest BCUT2D eigenvalue weighted by atomic mass is 35.5. The molecule has 1 N–H and O–H groups in total. The van der Waals surface area contributed by atoms with Crippen LogP contribution in [-0.4, -0.2) is 16.7 Å². The maximum atomic E-state index is 11.2. The third kappa shape index (κ3) is 1.78. The molecule has 0 aromatic heterocycles. The summed E-state index contributed by atoms with van der Waals surface area (Å²) < 4.78 is 0. The van der Waals surface area contributed by atoms with E-state index < -0.39 is 16.7 Å². The molecule has 93 valence electrons. The summed E-state index contributed by atoms with van der Waals surface area (Å²) in [7, 11) is 0. The van der Waals surface area contributed by atoms with Gasteiger partial charge in [0.2, 0.25) is 0 Å². The fourth-order valence-corrected chi connectivity index (χ4v) is 2.07. The van der Waals surface area contributed by atoms with Gasteiger partial charge in [0.05, 0.1) is 21.2 Å². The Bertz CT molecular complexity index is 585. The topological polar surface area (TPSA) is 103 Å². The van der Waals surface area contributed by atoms with E-state index in [0.717, 1.165) is 0 Å². The lowest BCUT2D eigenvalue weighted by Crippen LogP contribution is -2.33. The van der Waals surface area contributed by atoms with Gasteiger partial charge >= 0.3 is 17.5 Å². The third-order valence-electron chi connectivity index (χ3n) is 2.52. The Kier molecular flexibility index (Phi) is 2.92. The molecule has 1 aromatic carbocycles. The zero-order chi connectivity index (χ0) is 13.4. The number of fused-ring (bicyclic) bond motifs is 1. The molecule has 1 radical (unpaired) electrons. The molecule has 7 nitrogen and oxygen atoms in total. The van der Waals surface area contributed by atoms with Gasteiger partial charge < -0.3 is 5.32 Å². The van der Waals surface area contributed by atoms with E-state index >= 15 is 0 Å². The second kappa shape index (κ2) is 4.26. The predicted octanol–water partition coefficient (Wildman–Crippen LogP) is 1.53. The number of rotatable bonds is 2. The molecule has 0 atom stereocenters. The highest BCUT2D eigenvalue weighted by Crippen LogP contribution is 2.42. The van der Waals surface area contributed by atoms with Crippen LogP contribution in [0.15, 0.2) is 6.07 Å². The molecule has 8 heteroatoms. The number of hydrogen-bond donors (Lipinski definition) is 1. The summed E-state index contributed by atoms with van der Waals surface area (Å²) in [5.41, 5.74) is -0.124. The smallest absolute Gasteiger partial charge is 0.315 e. The van der Waals surface area contributed by atoms with Crippen molar-refractivity contribution in [2.45, 2.75) is 13.3 Å². The van der Waals surface area contributed by atoms with E-state index in [1.807, 2.05) is 0 Å². The van der Waals surface area contributed by atoms with Crippen LogP contribution in [0, 0.1) is 10.1 Å². The molecule has 18 heavy (non-hydrogen) atoms. The molecule has 1 aromatic rings. The normalized spacial score (nSPS) is 13.7. The molecule has 2 rings (SSSR count). The number of carbonyl (C=O) groups excluding carboxylic acids is 2. The maximum Gasteiger partial charge on any atom is 0.336 e. The number of amides is 2. The van der Waals surface area contributed by atoms with Gasteiger partial charge in [0, 0.05) is 0 Å². The first-order valence-corrected chi connectivity index (χ1v) is 5.40. The van der Waals surface area contributed by atoms with Crippen molar-refractivity contribution in [3.05, 3.63) is 26.8 Å². The number of halogens is 1. The van der Waals surface area contributed by atoms with E-state index in [2.05, 4.69) is 10.6 Å². The monoisotopic (exact) mass is 268 g/mol. The summed E-state index contributed by atoms with van der Waals surface area (Å²) in [5.74, 6) is -1.99. The van der Waals surface area contributed by atoms with Gasteiger partial charge in [0.15, 0.2) is 5.69 Å². The first-order valence-electron chi connectivity index (χ1n) is 5.02. The van der Waals surface area contributed by atoms with Crippen molar-refractivity contribution < 1.29 is 14.5 Å². The number of nitro benzene ring substituents is 1. The van der Waals surface area contributed by atoms with Crippen LogP contribution in [0.4, 0.5) is 17.1 Å². The lowest BCUT2D eigenvalue weighted by molar-refractivity contribution is -0.384. The second-order valence-electron chi connectivity index (χ2n) is 3.56. The summed E-state index contributed by atoms with van der Waals surface area (Å²) in [5, 5.41) is 16.9. The van der Waals surface area contributed by atoms with Crippen molar-refractivity contribution in [3.63, 3.8) is 0 Å². The zero-order valence-corrected chi connectivity index (χ0v) is 9.95. The maximum absolute atomic E-state index is 11.2.